The third-order valence-electron chi connectivity index (χ3n) is 5.06. The number of nitrogen functional groups attached to an aromatic ring is 1. The second kappa shape index (κ2) is 7.84. The first-order valence-electron chi connectivity index (χ1n) is 9.84. The van der Waals surface area contributed by atoms with Crippen molar-refractivity contribution < 1.29 is 9.47 Å². The van der Waals surface area contributed by atoms with E-state index in [1.165, 1.54) is 0 Å². The Balaban J connectivity index is 1.52. The van der Waals surface area contributed by atoms with Crippen molar-refractivity contribution in [1.82, 2.24) is 14.8 Å². The maximum Gasteiger partial charge on any atom is 0.165 e. The number of ether oxygens (including phenoxy) is 2. The lowest BCUT2D eigenvalue weighted by Crippen LogP contribution is -1.98. The minimum Gasteiger partial charge on any atom is -0.497 e. The first-order valence-corrected chi connectivity index (χ1v) is 9.84. The molecule has 2 aromatic heterocycles. The molecule has 0 aliphatic heterocycles. The Morgan fingerprint density at radius 1 is 0.774 bits per heavy atom. The highest BCUT2D eigenvalue weighted by Crippen LogP contribution is 2.34. The molecule has 0 aliphatic rings. The van der Waals surface area contributed by atoms with Crippen LogP contribution in [0.5, 0.6) is 17.2 Å². The molecule has 5 rings (SSSR count). The standard InChI is InChI=1S/C25H20N4O2/c1-30-19-13-9-18(10-14-19)29-25-23(24(26)28-29)22(15-16-27-25)17-7-11-21(12-8-17)31-20-5-3-2-4-6-20/h2-16H,1H3,(H2,26,28). The van der Waals surface area contributed by atoms with E-state index < -0.39 is 0 Å². The van der Waals surface area contributed by atoms with E-state index in [2.05, 4.69) is 10.1 Å². The van der Waals surface area contributed by atoms with Gasteiger partial charge in [-0.2, -0.15) is 0 Å². The Morgan fingerprint density at radius 2 is 1.45 bits per heavy atom. The van der Waals surface area contributed by atoms with Crippen molar-refractivity contribution in [3.8, 4) is 34.1 Å². The minimum absolute atomic E-state index is 0.429. The van der Waals surface area contributed by atoms with Crippen LogP contribution in [-0.2, 0) is 0 Å². The van der Waals surface area contributed by atoms with Crippen LogP contribution in [0.15, 0.2) is 91.1 Å². The summed E-state index contributed by atoms with van der Waals surface area (Å²) in [6.45, 7) is 0. The number of benzene rings is 3. The third-order valence-corrected chi connectivity index (χ3v) is 5.06. The molecule has 6 nitrogen and oxygen atoms in total. The van der Waals surface area contributed by atoms with Crippen LogP contribution in [0.3, 0.4) is 0 Å². The molecule has 0 amide bonds. The van der Waals surface area contributed by atoms with E-state index in [0.717, 1.165) is 39.4 Å². The van der Waals surface area contributed by atoms with E-state index in [-0.39, 0.29) is 0 Å². The average Bonchev–Trinajstić information content (AvgIpc) is 3.17. The van der Waals surface area contributed by atoms with Crippen molar-refractivity contribution in [1.29, 1.82) is 0 Å². The van der Waals surface area contributed by atoms with Crippen LogP contribution in [0.4, 0.5) is 5.82 Å². The van der Waals surface area contributed by atoms with Crippen molar-refractivity contribution in [2.75, 3.05) is 12.8 Å². The molecule has 0 bridgehead atoms. The zero-order chi connectivity index (χ0) is 21.2. The Bertz CT molecular complexity index is 1330. The molecule has 0 atom stereocenters. The summed E-state index contributed by atoms with van der Waals surface area (Å²) in [4.78, 5) is 4.55. The topological polar surface area (TPSA) is 75.2 Å². The molecule has 0 fully saturated rings. The molecular formula is C25H20N4O2. The van der Waals surface area contributed by atoms with Crippen molar-refractivity contribution >= 4 is 16.9 Å². The van der Waals surface area contributed by atoms with Crippen LogP contribution >= 0.6 is 0 Å². The summed E-state index contributed by atoms with van der Waals surface area (Å²) in [6.07, 6.45) is 1.77. The monoisotopic (exact) mass is 408 g/mol. The number of rotatable bonds is 5. The predicted octanol–water partition coefficient (Wildman–Crippen LogP) is 5.47. The fourth-order valence-electron chi connectivity index (χ4n) is 3.54. The summed E-state index contributed by atoms with van der Waals surface area (Å²) in [7, 11) is 1.64. The van der Waals surface area contributed by atoms with Crippen LogP contribution in [0, 0.1) is 0 Å². The number of fused-ring (bicyclic) bond motifs is 1. The zero-order valence-electron chi connectivity index (χ0n) is 16.9. The number of nitrogens with zero attached hydrogens (tertiary/aromatic N) is 3. The summed E-state index contributed by atoms with van der Waals surface area (Å²) in [5, 5.41) is 5.36. The lowest BCUT2D eigenvalue weighted by molar-refractivity contribution is 0.414. The largest absolute Gasteiger partial charge is 0.497 e. The van der Waals surface area contributed by atoms with E-state index in [9.17, 15) is 0 Å². The normalized spacial score (nSPS) is 10.9. The second-order valence-corrected chi connectivity index (χ2v) is 6.99. The molecule has 3 aromatic carbocycles. The number of nitrogens with two attached hydrogens (primary N) is 1. The van der Waals surface area contributed by atoms with Crippen molar-refractivity contribution in [2.24, 2.45) is 0 Å². The second-order valence-electron chi connectivity index (χ2n) is 6.99. The first-order chi connectivity index (χ1) is 15.2. The molecule has 0 saturated carbocycles. The number of pyridine rings is 1. The fraction of sp³-hybridized carbons (Fsp3) is 0.0400. The van der Waals surface area contributed by atoms with Gasteiger partial charge in [-0.3, -0.25) is 0 Å². The van der Waals surface area contributed by atoms with Gasteiger partial charge < -0.3 is 15.2 Å². The Morgan fingerprint density at radius 3 is 2.16 bits per heavy atom. The highest BCUT2D eigenvalue weighted by atomic mass is 16.5. The van der Waals surface area contributed by atoms with Gasteiger partial charge in [0.05, 0.1) is 18.2 Å². The smallest absolute Gasteiger partial charge is 0.165 e. The van der Waals surface area contributed by atoms with Gasteiger partial charge in [0.2, 0.25) is 0 Å². The molecule has 31 heavy (non-hydrogen) atoms. The van der Waals surface area contributed by atoms with Crippen molar-refractivity contribution in [3.05, 3.63) is 91.1 Å². The van der Waals surface area contributed by atoms with E-state index in [1.807, 2.05) is 84.9 Å². The molecular weight excluding hydrogens is 388 g/mol. The molecule has 0 radical (unpaired) electrons. The third kappa shape index (κ3) is 3.55. The molecule has 152 valence electrons. The van der Waals surface area contributed by atoms with Gasteiger partial charge >= 0.3 is 0 Å². The molecule has 0 unspecified atom stereocenters. The number of anilines is 1. The summed E-state index contributed by atoms with van der Waals surface area (Å²) >= 11 is 0. The lowest BCUT2D eigenvalue weighted by Gasteiger charge is -2.08. The number of aromatic nitrogens is 3. The van der Waals surface area contributed by atoms with Gasteiger partial charge in [-0.15, -0.1) is 5.10 Å². The molecule has 6 heteroatoms. The van der Waals surface area contributed by atoms with Gasteiger partial charge in [0.25, 0.3) is 0 Å². The van der Waals surface area contributed by atoms with Crippen molar-refractivity contribution in [3.63, 3.8) is 0 Å². The SMILES string of the molecule is COc1ccc(-n2nc(N)c3c(-c4ccc(Oc5ccccc5)cc4)ccnc32)cc1. The summed E-state index contributed by atoms with van der Waals surface area (Å²) < 4.78 is 12.9. The summed E-state index contributed by atoms with van der Waals surface area (Å²) in [5.41, 5.74) is 9.85. The van der Waals surface area contributed by atoms with E-state index >= 15 is 0 Å². The maximum atomic E-state index is 6.32. The van der Waals surface area contributed by atoms with Gasteiger partial charge in [-0.1, -0.05) is 30.3 Å². The molecule has 0 saturated heterocycles. The van der Waals surface area contributed by atoms with Crippen LogP contribution in [-0.4, -0.2) is 21.9 Å². The van der Waals surface area contributed by atoms with Gasteiger partial charge in [0.1, 0.15) is 17.2 Å². The van der Waals surface area contributed by atoms with E-state index in [1.54, 1.807) is 18.0 Å². The number of hydrogen-bond acceptors (Lipinski definition) is 5. The Hall–Kier alpha value is -4.32. The number of hydrogen-bond donors (Lipinski definition) is 1. The molecule has 5 aromatic rings. The number of para-hydroxylation sites is 1. The maximum absolute atomic E-state index is 6.32. The van der Waals surface area contributed by atoms with Crippen LogP contribution in [0.25, 0.3) is 27.8 Å². The van der Waals surface area contributed by atoms with Gasteiger partial charge in [-0.25, -0.2) is 9.67 Å². The van der Waals surface area contributed by atoms with Gasteiger partial charge in [0.15, 0.2) is 11.5 Å². The Labute approximate surface area is 179 Å². The fourth-order valence-corrected chi connectivity index (χ4v) is 3.54. The minimum atomic E-state index is 0.429. The summed E-state index contributed by atoms with van der Waals surface area (Å²) in [5.74, 6) is 2.77. The van der Waals surface area contributed by atoms with Crippen LogP contribution in [0.2, 0.25) is 0 Å². The zero-order valence-corrected chi connectivity index (χ0v) is 16.9. The molecule has 0 spiro atoms. The summed E-state index contributed by atoms with van der Waals surface area (Å²) in [6, 6.07) is 27.2. The average molecular weight is 408 g/mol. The predicted molar refractivity (Wildman–Crippen MR) is 122 cm³/mol. The first kappa shape index (κ1) is 18.7. The highest BCUT2D eigenvalue weighted by Gasteiger charge is 2.16. The van der Waals surface area contributed by atoms with Gasteiger partial charge in [0, 0.05) is 6.20 Å². The molecule has 2 heterocycles. The van der Waals surface area contributed by atoms with Crippen molar-refractivity contribution in [2.45, 2.75) is 0 Å². The highest BCUT2D eigenvalue weighted by molar-refractivity contribution is 6.00. The van der Waals surface area contributed by atoms with E-state index in [4.69, 9.17) is 15.2 Å². The number of methoxy groups -OCH3 is 1. The molecule has 2 N–H and O–H groups in total. The quantitative estimate of drug-likeness (QED) is 0.417. The van der Waals surface area contributed by atoms with E-state index in [0.29, 0.717) is 11.5 Å². The van der Waals surface area contributed by atoms with Crippen LogP contribution < -0.4 is 15.2 Å². The lowest BCUT2D eigenvalue weighted by atomic mass is 10.0. The van der Waals surface area contributed by atoms with Gasteiger partial charge in [-0.05, 0) is 65.7 Å². The van der Waals surface area contributed by atoms with Crippen LogP contribution in [0.1, 0.15) is 0 Å². The molecule has 0 aliphatic carbocycles. The Kier molecular flexibility index (Phi) is 4.72.